The SMILES string of the molecule is C=CCOC(=O)C1=C[C@H](c2ccc3ccccc3c2O)CC(OCCN(CCO)S(=O)(=O)c2ccc(OC)cc2)O1. The van der Waals surface area contributed by atoms with E-state index in [-0.39, 0.29) is 55.7 Å². The molecule has 3 aromatic carbocycles. The number of methoxy groups -OCH3 is 1. The van der Waals surface area contributed by atoms with Gasteiger partial charge in [-0.15, -0.1) is 0 Å². The van der Waals surface area contributed by atoms with Crippen molar-refractivity contribution in [2.24, 2.45) is 0 Å². The number of ether oxygens (including phenoxy) is 4. The fourth-order valence-electron chi connectivity index (χ4n) is 4.55. The Morgan fingerprint density at radius 1 is 1.12 bits per heavy atom. The number of hydrogen-bond acceptors (Lipinski definition) is 9. The molecule has 1 heterocycles. The number of esters is 1. The van der Waals surface area contributed by atoms with Crippen molar-refractivity contribution < 1.29 is 42.4 Å². The summed E-state index contributed by atoms with van der Waals surface area (Å²) < 4.78 is 49.5. The molecule has 0 spiro atoms. The number of phenols is 1. The standard InChI is InChI=1S/C30H33NO9S/c1-3-17-39-30(34)27-19-22(26-13-8-21-6-4-5-7-25(21)29(26)33)20-28(40-27)38-18-15-31(14-16-32)41(35,36)24-11-9-23(37-2)10-12-24/h3-13,19,22,28,32-33H,1,14-18,20H2,2H3/t22-,28?/m0/s1. The van der Waals surface area contributed by atoms with E-state index >= 15 is 0 Å². The molecule has 1 unspecified atom stereocenters. The van der Waals surface area contributed by atoms with E-state index in [9.17, 15) is 23.4 Å². The summed E-state index contributed by atoms with van der Waals surface area (Å²) in [4.78, 5) is 12.7. The number of aliphatic hydroxyl groups is 1. The minimum Gasteiger partial charge on any atom is -0.507 e. The summed E-state index contributed by atoms with van der Waals surface area (Å²) in [5.41, 5.74) is 0.582. The summed E-state index contributed by atoms with van der Waals surface area (Å²) in [5, 5.41) is 22.1. The van der Waals surface area contributed by atoms with E-state index in [1.54, 1.807) is 12.1 Å². The fourth-order valence-corrected chi connectivity index (χ4v) is 5.96. The lowest BCUT2D eigenvalue weighted by Gasteiger charge is -2.30. The number of allylic oxidation sites excluding steroid dienone is 1. The Balaban J connectivity index is 1.52. The monoisotopic (exact) mass is 583 g/mol. The average Bonchev–Trinajstić information content (AvgIpc) is 2.99. The smallest absolute Gasteiger partial charge is 0.373 e. The summed E-state index contributed by atoms with van der Waals surface area (Å²) in [7, 11) is -2.45. The van der Waals surface area contributed by atoms with Crippen molar-refractivity contribution in [3.8, 4) is 11.5 Å². The number of sulfonamides is 1. The lowest BCUT2D eigenvalue weighted by molar-refractivity contribution is -0.160. The molecule has 10 nitrogen and oxygen atoms in total. The molecule has 0 aliphatic carbocycles. The van der Waals surface area contributed by atoms with Crippen LogP contribution in [0.2, 0.25) is 0 Å². The molecule has 0 saturated heterocycles. The van der Waals surface area contributed by atoms with Gasteiger partial charge in [0.15, 0.2) is 0 Å². The number of benzene rings is 3. The zero-order valence-electron chi connectivity index (χ0n) is 22.6. The van der Waals surface area contributed by atoms with Crippen LogP contribution in [0.15, 0.2) is 90.0 Å². The third-order valence-corrected chi connectivity index (χ3v) is 8.53. The van der Waals surface area contributed by atoms with Gasteiger partial charge in [-0.3, -0.25) is 0 Å². The van der Waals surface area contributed by atoms with Crippen molar-refractivity contribution in [2.45, 2.75) is 23.5 Å². The molecular weight excluding hydrogens is 550 g/mol. The van der Waals surface area contributed by atoms with Crippen molar-refractivity contribution in [2.75, 3.05) is 40.0 Å². The van der Waals surface area contributed by atoms with E-state index in [1.807, 2.05) is 30.3 Å². The Labute approximate surface area is 239 Å². The van der Waals surface area contributed by atoms with Crippen LogP contribution in [0.1, 0.15) is 17.9 Å². The fraction of sp³-hybridized carbons (Fsp3) is 0.300. The normalized spacial score (nSPS) is 17.1. The van der Waals surface area contributed by atoms with Gasteiger partial charge in [0.05, 0.1) is 25.2 Å². The van der Waals surface area contributed by atoms with Gasteiger partial charge in [0.25, 0.3) is 0 Å². The van der Waals surface area contributed by atoms with Gasteiger partial charge >= 0.3 is 5.97 Å². The van der Waals surface area contributed by atoms with Gasteiger partial charge in [0, 0.05) is 36.4 Å². The first kappa shape index (κ1) is 30.1. The number of rotatable bonds is 13. The number of carbonyl (C=O) groups is 1. The van der Waals surface area contributed by atoms with Gasteiger partial charge in [-0.25, -0.2) is 13.2 Å². The van der Waals surface area contributed by atoms with E-state index in [4.69, 9.17) is 18.9 Å². The number of fused-ring (bicyclic) bond motifs is 1. The average molecular weight is 584 g/mol. The highest BCUT2D eigenvalue weighted by molar-refractivity contribution is 7.89. The zero-order valence-corrected chi connectivity index (χ0v) is 23.5. The molecule has 0 aromatic heterocycles. The molecule has 3 aromatic rings. The Kier molecular flexibility index (Phi) is 10.0. The van der Waals surface area contributed by atoms with Crippen LogP contribution in [0.25, 0.3) is 10.8 Å². The molecule has 0 fully saturated rings. The molecule has 41 heavy (non-hydrogen) atoms. The molecule has 2 atom stereocenters. The lowest BCUT2D eigenvalue weighted by atomic mass is 9.90. The molecule has 0 bridgehead atoms. The number of aliphatic hydroxyl groups excluding tert-OH is 1. The lowest BCUT2D eigenvalue weighted by Crippen LogP contribution is -2.37. The minimum atomic E-state index is -3.94. The first-order valence-electron chi connectivity index (χ1n) is 13.0. The minimum absolute atomic E-state index is 0.0176. The Hall–Kier alpha value is -3.90. The van der Waals surface area contributed by atoms with Crippen LogP contribution in [0.5, 0.6) is 11.5 Å². The summed E-state index contributed by atoms with van der Waals surface area (Å²) in [5.74, 6) is -0.658. The summed E-state index contributed by atoms with van der Waals surface area (Å²) >= 11 is 0. The first-order chi connectivity index (χ1) is 19.8. The van der Waals surface area contributed by atoms with Crippen molar-refractivity contribution >= 4 is 26.8 Å². The molecule has 1 aliphatic heterocycles. The van der Waals surface area contributed by atoms with E-state index in [2.05, 4.69) is 6.58 Å². The molecule has 218 valence electrons. The van der Waals surface area contributed by atoms with Gasteiger partial charge < -0.3 is 29.2 Å². The highest BCUT2D eigenvalue weighted by atomic mass is 32.2. The number of carbonyl (C=O) groups excluding carboxylic acids is 1. The van der Waals surface area contributed by atoms with Crippen molar-refractivity contribution in [1.29, 1.82) is 0 Å². The topological polar surface area (TPSA) is 132 Å². The van der Waals surface area contributed by atoms with Crippen LogP contribution in [0.3, 0.4) is 0 Å². The van der Waals surface area contributed by atoms with Crippen LogP contribution >= 0.6 is 0 Å². The van der Waals surface area contributed by atoms with E-state index < -0.39 is 28.2 Å². The molecule has 0 saturated carbocycles. The number of nitrogens with zero attached hydrogens (tertiary/aromatic N) is 1. The van der Waals surface area contributed by atoms with Gasteiger partial charge in [-0.05, 0) is 35.7 Å². The number of hydrogen-bond donors (Lipinski definition) is 2. The van der Waals surface area contributed by atoms with E-state index in [0.29, 0.717) is 16.7 Å². The molecule has 11 heteroatoms. The maximum absolute atomic E-state index is 13.2. The second-order valence-corrected chi connectivity index (χ2v) is 11.1. The van der Waals surface area contributed by atoms with Gasteiger partial charge in [0.2, 0.25) is 22.1 Å². The predicted molar refractivity (Wildman–Crippen MR) is 152 cm³/mol. The summed E-state index contributed by atoms with van der Waals surface area (Å²) in [6.45, 7) is 2.82. The third-order valence-electron chi connectivity index (χ3n) is 6.61. The maximum atomic E-state index is 13.2. The number of aromatic hydroxyl groups is 1. The Bertz CT molecular complexity index is 1500. The van der Waals surface area contributed by atoms with Crippen LogP contribution in [-0.2, 0) is 29.0 Å². The van der Waals surface area contributed by atoms with E-state index in [0.717, 1.165) is 9.69 Å². The molecule has 4 rings (SSSR count). The summed E-state index contributed by atoms with van der Waals surface area (Å²) in [6, 6.07) is 17.0. The van der Waals surface area contributed by atoms with Gasteiger partial charge in [-0.2, -0.15) is 4.31 Å². The van der Waals surface area contributed by atoms with Gasteiger partial charge in [0.1, 0.15) is 18.1 Å². The molecule has 0 amide bonds. The number of phenolic OH excluding ortho intramolecular Hbond substituents is 1. The highest BCUT2D eigenvalue weighted by Gasteiger charge is 2.32. The molecular formula is C30H33NO9S. The second-order valence-electron chi connectivity index (χ2n) is 9.21. The highest BCUT2D eigenvalue weighted by Crippen LogP contribution is 2.39. The Morgan fingerprint density at radius 2 is 1.88 bits per heavy atom. The zero-order chi connectivity index (χ0) is 29.4. The molecule has 1 aliphatic rings. The largest absolute Gasteiger partial charge is 0.507 e. The molecule has 2 N–H and O–H groups in total. The maximum Gasteiger partial charge on any atom is 0.373 e. The van der Waals surface area contributed by atoms with Crippen LogP contribution in [0.4, 0.5) is 0 Å². The van der Waals surface area contributed by atoms with Crippen LogP contribution in [-0.4, -0.2) is 75.2 Å². The first-order valence-corrected chi connectivity index (χ1v) is 14.5. The van der Waals surface area contributed by atoms with Crippen LogP contribution < -0.4 is 4.74 Å². The molecule has 0 radical (unpaired) electrons. The van der Waals surface area contributed by atoms with Gasteiger partial charge in [-0.1, -0.05) is 49.1 Å². The van der Waals surface area contributed by atoms with Crippen LogP contribution in [0, 0.1) is 0 Å². The van der Waals surface area contributed by atoms with Crippen molar-refractivity contribution in [3.63, 3.8) is 0 Å². The summed E-state index contributed by atoms with van der Waals surface area (Å²) in [6.07, 6.45) is 2.32. The third kappa shape index (κ3) is 7.06. The van der Waals surface area contributed by atoms with E-state index in [1.165, 1.54) is 37.5 Å². The van der Waals surface area contributed by atoms with Crippen molar-refractivity contribution in [3.05, 3.63) is 90.7 Å². The quantitative estimate of drug-likeness (QED) is 0.228. The Morgan fingerprint density at radius 3 is 2.59 bits per heavy atom. The van der Waals surface area contributed by atoms with Crippen molar-refractivity contribution in [1.82, 2.24) is 4.31 Å². The second kappa shape index (κ2) is 13.6. The predicted octanol–water partition coefficient (Wildman–Crippen LogP) is 3.70.